The predicted octanol–water partition coefficient (Wildman–Crippen LogP) is 3.14. The van der Waals surface area contributed by atoms with E-state index in [-0.39, 0.29) is 17.7 Å². The quantitative estimate of drug-likeness (QED) is 0.444. The zero-order chi connectivity index (χ0) is 23.0. The van der Waals surface area contributed by atoms with Gasteiger partial charge in [-0.3, -0.25) is 9.08 Å². The standard InChI is InChI=1S/C20H30FN2O6SSi/c1-20(2,3)31(5)29-14-9-10-22(11-14)18-16(21)7-6-8-17(18)23-12-15(28-19(23)24)13-30(25,26)27-4/h6-8,14-15H,9-13H2,1-5H3. The first-order chi connectivity index (χ1) is 14.4. The topological polar surface area (TPSA) is 85.4 Å². The highest BCUT2D eigenvalue weighted by atomic mass is 32.2. The van der Waals surface area contributed by atoms with E-state index >= 15 is 0 Å². The first-order valence-electron chi connectivity index (χ1n) is 10.2. The second-order valence-electron chi connectivity index (χ2n) is 8.90. The van der Waals surface area contributed by atoms with Gasteiger partial charge in [-0.1, -0.05) is 26.8 Å². The van der Waals surface area contributed by atoms with Crippen LogP contribution in [0, 0.1) is 5.82 Å². The Morgan fingerprint density at radius 3 is 2.65 bits per heavy atom. The Morgan fingerprint density at radius 2 is 2.00 bits per heavy atom. The average molecular weight is 474 g/mol. The molecule has 11 heteroatoms. The van der Waals surface area contributed by atoms with Gasteiger partial charge < -0.3 is 14.1 Å². The van der Waals surface area contributed by atoms with Crippen molar-refractivity contribution < 1.29 is 30.9 Å². The number of ether oxygens (including phenoxy) is 1. The van der Waals surface area contributed by atoms with Crippen molar-refractivity contribution in [2.75, 3.05) is 42.3 Å². The molecule has 0 saturated carbocycles. The number of hydrogen-bond acceptors (Lipinski definition) is 7. The Balaban J connectivity index is 1.78. The van der Waals surface area contributed by atoms with Crippen LogP contribution in [0.1, 0.15) is 27.2 Å². The van der Waals surface area contributed by atoms with Gasteiger partial charge in [0, 0.05) is 13.1 Å². The van der Waals surface area contributed by atoms with Gasteiger partial charge in [0.25, 0.3) is 10.1 Å². The molecule has 3 rings (SSSR count). The summed E-state index contributed by atoms with van der Waals surface area (Å²) in [5, 5.41) is 0.0953. The third-order valence-electron chi connectivity index (χ3n) is 5.64. The summed E-state index contributed by atoms with van der Waals surface area (Å²) in [5.74, 6) is -0.902. The summed E-state index contributed by atoms with van der Waals surface area (Å²) in [6, 6.07) is 4.52. The van der Waals surface area contributed by atoms with Crippen LogP contribution in [-0.2, 0) is 23.5 Å². The number of carbonyl (C=O) groups excluding carboxylic acids is 1. The molecule has 2 fully saturated rings. The maximum atomic E-state index is 14.9. The molecule has 173 valence electrons. The number of amides is 1. The fourth-order valence-electron chi connectivity index (χ4n) is 3.59. The molecule has 1 aromatic carbocycles. The van der Waals surface area contributed by atoms with Crippen LogP contribution in [0.4, 0.5) is 20.6 Å². The van der Waals surface area contributed by atoms with Crippen molar-refractivity contribution in [2.24, 2.45) is 0 Å². The Kier molecular flexibility index (Phi) is 6.99. The van der Waals surface area contributed by atoms with Gasteiger partial charge in [-0.05, 0) is 30.1 Å². The van der Waals surface area contributed by atoms with Crippen LogP contribution in [0.5, 0.6) is 0 Å². The molecule has 2 atom stereocenters. The lowest BCUT2D eigenvalue weighted by Crippen LogP contribution is -2.34. The lowest BCUT2D eigenvalue weighted by atomic mass is 10.2. The minimum atomic E-state index is -3.80. The van der Waals surface area contributed by atoms with Gasteiger partial charge in [-0.25, -0.2) is 9.18 Å². The Morgan fingerprint density at radius 1 is 1.29 bits per heavy atom. The van der Waals surface area contributed by atoms with Gasteiger partial charge >= 0.3 is 6.09 Å². The smallest absolute Gasteiger partial charge is 0.414 e. The molecule has 1 radical (unpaired) electrons. The zero-order valence-electron chi connectivity index (χ0n) is 18.6. The van der Waals surface area contributed by atoms with Crippen molar-refractivity contribution in [2.45, 2.75) is 51.0 Å². The molecule has 8 nitrogen and oxygen atoms in total. The number of cyclic esters (lactones) is 1. The van der Waals surface area contributed by atoms with E-state index in [9.17, 15) is 17.6 Å². The van der Waals surface area contributed by atoms with E-state index in [0.717, 1.165) is 13.5 Å². The fraction of sp³-hybridized carbons (Fsp3) is 0.650. The highest BCUT2D eigenvalue weighted by molar-refractivity contribution is 7.86. The number of rotatable bonds is 7. The van der Waals surface area contributed by atoms with Gasteiger partial charge in [0.1, 0.15) is 17.7 Å². The minimum absolute atomic E-state index is 0.00221. The summed E-state index contributed by atoms with van der Waals surface area (Å²) in [5.41, 5.74) is 0.669. The van der Waals surface area contributed by atoms with E-state index in [1.165, 1.54) is 17.0 Å². The Bertz CT molecular complexity index is 923. The second kappa shape index (κ2) is 9.05. The van der Waals surface area contributed by atoms with Crippen LogP contribution in [0.2, 0.25) is 11.6 Å². The number of halogens is 1. The molecular weight excluding hydrogens is 443 g/mol. The summed E-state index contributed by atoms with van der Waals surface area (Å²) in [6.45, 7) is 9.72. The molecule has 2 saturated heterocycles. The molecule has 2 aliphatic heterocycles. The van der Waals surface area contributed by atoms with Crippen molar-refractivity contribution in [3.8, 4) is 0 Å². The van der Waals surface area contributed by atoms with Crippen molar-refractivity contribution in [1.29, 1.82) is 0 Å². The molecule has 0 bridgehead atoms. The van der Waals surface area contributed by atoms with Gasteiger partial charge in [-0.2, -0.15) is 8.42 Å². The summed E-state index contributed by atoms with van der Waals surface area (Å²) in [6.07, 6.45) is -0.830. The number of benzene rings is 1. The molecule has 0 aromatic heterocycles. The summed E-state index contributed by atoms with van der Waals surface area (Å²) >= 11 is 0. The first kappa shape index (κ1) is 24.0. The molecule has 31 heavy (non-hydrogen) atoms. The molecule has 2 unspecified atom stereocenters. The number of para-hydroxylation sites is 1. The lowest BCUT2D eigenvalue weighted by molar-refractivity contribution is 0.150. The molecule has 2 heterocycles. The van der Waals surface area contributed by atoms with Gasteiger partial charge in [0.2, 0.25) is 9.04 Å². The van der Waals surface area contributed by atoms with Crippen molar-refractivity contribution in [3.05, 3.63) is 24.0 Å². The molecule has 2 aliphatic rings. The zero-order valence-corrected chi connectivity index (χ0v) is 20.4. The first-order valence-corrected chi connectivity index (χ1v) is 13.7. The minimum Gasteiger partial charge on any atom is -0.443 e. The highest BCUT2D eigenvalue weighted by Crippen LogP contribution is 2.38. The Hall–Kier alpha value is -1.69. The number of carbonyl (C=O) groups is 1. The molecule has 1 aromatic rings. The third kappa shape index (κ3) is 5.57. The van der Waals surface area contributed by atoms with Crippen LogP contribution in [0.3, 0.4) is 0 Å². The molecule has 0 N–H and O–H groups in total. The van der Waals surface area contributed by atoms with E-state index in [1.807, 2.05) is 4.90 Å². The average Bonchev–Trinajstić information content (AvgIpc) is 3.26. The van der Waals surface area contributed by atoms with Gasteiger partial charge in [0.05, 0.1) is 31.1 Å². The highest BCUT2D eigenvalue weighted by Gasteiger charge is 2.39. The number of nitrogens with zero attached hydrogens (tertiary/aromatic N) is 2. The van der Waals surface area contributed by atoms with Crippen molar-refractivity contribution in [3.63, 3.8) is 0 Å². The fourth-order valence-corrected chi connectivity index (χ4v) is 5.40. The molecular formula is C20H30FN2O6SSi. The molecule has 0 spiro atoms. The summed E-state index contributed by atoms with van der Waals surface area (Å²) in [7, 11) is -3.78. The van der Waals surface area contributed by atoms with E-state index < -0.39 is 42.9 Å². The number of anilines is 2. The van der Waals surface area contributed by atoms with E-state index in [2.05, 4.69) is 31.5 Å². The third-order valence-corrected chi connectivity index (χ3v) is 9.72. The maximum Gasteiger partial charge on any atom is 0.414 e. The van der Waals surface area contributed by atoms with Crippen LogP contribution < -0.4 is 9.80 Å². The van der Waals surface area contributed by atoms with Gasteiger partial charge in [-0.15, -0.1) is 0 Å². The van der Waals surface area contributed by atoms with Crippen LogP contribution in [-0.4, -0.2) is 68.3 Å². The Labute approximate surface area is 185 Å². The van der Waals surface area contributed by atoms with Crippen LogP contribution in [0.25, 0.3) is 0 Å². The normalized spacial score (nSPS) is 22.5. The van der Waals surface area contributed by atoms with Crippen molar-refractivity contribution in [1.82, 2.24) is 0 Å². The van der Waals surface area contributed by atoms with Crippen LogP contribution >= 0.6 is 0 Å². The number of hydrogen-bond donors (Lipinski definition) is 0. The molecule has 0 aliphatic carbocycles. The van der Waals surface area contributed by atoms with E-state index in [0.29, 0.717) is 24.5 Å². The van der Waals surface area contributed by atoms with E-state index in [4.69, 9.17) is 9.16 Å². The monoisotopic (exact) mass is 473 g/mol. The largest absolute Gasteiger partial charge is 0.443 e. The SMILES string of the molecule is COS(=O)(=O)CC1CN(c2cccc(F)c2N2CCC(O[Si](C)C(C)(C)C)C2)C(=O)O1. The van der Waals surface area contributed by atoms with Crippen molar-refractivity contribution >= 4 is 36.6 Å². The van der Waals surface area contributed by atoms with E-state index in [1.54, 1.807) is 6.07 Å². The summed E-state index contributed by atoms with van der Waals surface area (Å²) < 4.78 is 54.3. The van der Waals surface area contributed by atoms with Gasteiger partial charge in [0.15, 0.2) is 0 Å². The second-order valence-corrected chi connectivity index (χ2v) is 13.5. The lowest BCUT2D eigenvalue weighted by Gasteiger charge is -2.29. The van der Waals surface area contributed by atoms with Crippen LogP contribution in [0.15, 0.2) is 18.2 Å². The maximum absolute atomic E-state index is 14.9. The predicted molar refractivity (Wildman–Crippen MR) is 118 cm³/mol. The molecule has 1 amide bonds. The summed E-state index contributed by atoms with van der Waals surface area (Å²) in [4.78, 5) is 15.6.